The smallest absolute Gasteiger partial charge is 0.326 e. The number of likely N-dealkylation sites (N-methyl/N-ethyl adjacent to an activating group) is 1. The third kappa shape index (κ3) is 4.30. The molecule has 5 nitrogen and oxygen atoms in total. The first-order chi connectivity index (χ1) is 12.6. The van der Waals surface area contributed by atoms with Crippen LogP contribution in [0.3, 0.4) is 0 Å². The highest BCUT2D eigenvalue weighted by atomic mass is 16.6. The summed E-state index contributed by atoms with van der Waals surface area (Å²) in [5.41, 5.74) is 2.12. The van der Waals surface area contributed by atoms with Gasteiger partial charge in [0.05, 0.1) is 12.7 Å². The summed E-state index contributed by atoms with van der Waals surface area (Å²) in [4.78, 5) is 14.4. The lowest BCUT2D eigenvalue weighted by Gasteiger charge is -2.28. The molecule has 1 heterocycles. The molecule has 2 aromatic carbocycles. The Morgan fingerprint density at radius 3 is 2.23 bits per heavy atom. The van der Waals surface area contributed by atoms with Gasteiger partial charge in [-0.15, -0.1) is 0 Å². The molecule has 0 aliphatic carbocycles. The fourth-order valence-electron chi connectivity index (χ4n) is 3.31. The molecule has 0 bridgehead atoms. The molecule has 0 spiro atoms. The lowest BCUT2D eigenvalue weighted by Crippen LogP contribution is -2.47. The van der Waals surface area contributed by atoms with Gasteiger partial charge in [-0.05, 0) is 25.1 Å². The van der Waals surface area contributed by atoms with Crippen molar-refractivity contribution in [3.8, 4) is 0 Å². The second-order valence-electron chi connectivity index (χ2n) is 6.75. The van der Waals surface area contributed by atoms with Gasteiger partial charge in [0.15, 0.2) is 6.10 Å². The number of nitrogens with zero attached hydrogens (tertiary/aromatic N) is 1. The normalized spacial score (nSPS) is 23.8. The van der Waals surface area contributed by atoms with Crippen LogP contribution in [0.25, 0.3) is 0 Å². The summed E-state index contributed by atoms with van der Waals surface area (Å²) in [6.07, 6.45) is -2.00. The number of aliphatic hydroxyl groups is 1. The van der Waals surface area contributed by atoms with Gasteiger partial charge in [-0.3, -0.25) is 9.69 Å². The van der Waals surface area contributed by atoms with Gasteiger partial charge in [0, 0.05) is 6.54 Å². The lowest BCUT2D eigenvalue weighted by molar-refractivity contribution is -0.148. The summed E-state index contributed by atoms with van der Waals surface area (Å²) in [6.45, 7) is 2.58. The number of cyclic esters (lactones) is 1. The van der Waals surface area contributed by atoms with Crippen molar-refractivity contribution in [2.75, 3.05) is 7.05 Å². The average molecular weight is 355 g/mol. The van der Waals surface area contributed by atoms with Crippen molar-refractivity contribution < 1.29 is 19.4 Å². The minimum atomic E-state index is -0.796. The van der Waals surface area contributed by atoms with Crippen LogP contribution in [0.5, 0.6) is 0 Å². The molecule has 0 amide bonds. The van der Waals surface area contributed by atoms with Gasteiger partial charge in [0.25, 0.3) is 0 Å². The Balaban J connectivity index is 1.75. The van der Waals surface area contributed by atoms with E-state index in [2.05, 4.69) is 0 Å². The molecule has 0 aromatic heterocycles. The molecule has 138 valence electrons. The summed E-state index contributed by atoms with van der Waals surface area (Å²) >= 11 is 0. The van der Waals surface area contributed by atoms with Crippen LogP contribution in [-0.4, -0.2) is 47.4 Å². The molecular formula is C21H25NO4. The monoisotopic (exact) mass is 355 g/mol. The predicted molar refractivity (Wildman–Crippen MR) is 98.3 cm³/mol. The van der Waals surface area contributed by atoms with Crippen LogP contribution in [0.15, 0.2) is 60.7 Å². The van der Waals surface area contributed by atoms with Crippen molar-refractivity contribution in [2.45, 2.75) is 44.4 Å². The van der Waals surface area contributed by atoms with Gasteiger partial charge in [-0.2, -0.15) is 0 Å². The van der Waals surface area contributed by atoms with E-state index in [-0.39, 0.29) is 5.97 Å². The van der Waals surface area contributed by atoms with Crippen molar-refractivity contribution in [1.82, 2.24) is 4.90 Å². The third-order valence-electron chi connectivity index (χ3n) is 4.64. The highest BCUT2D eigenvalue weighted by molar-refractivity contribution is 5.79. The maximum atomic E-state index is 12.5. The molecular weight excluding hydrogens is 330 g/mol. The van der Waals surface area contributed by atoms with E-state index in [0.717, 1.165) is 11.1 Å². The zero-order chi connectivity index (χ0) is 18.5. The Hall–Kier alpha value is -2.21. The summed E-state index contributed by atoms with van der Waals surface area (Å²) in [5, 5.41) is 10.1. The van der Waals surface area contributed by atoms with Crippen LogP contribution in [0, 0.1) is 0 Å². The quantitative estimate of drug-likeness (QED) is 0.773. The largest absolute Gasteiger partial charge is 0.456 e. The molecule has 1 fully saturated rings. The topological polar surface area (TPSA) is 59.0 Å². The molecule has 1 aliphatic rings. The van der Waals surface area contributed by atoms with Crippen molar-refractivity contribution in [1.29, 1.82) is 0 Å². The Bertz CT molecular complexity index is 704. The fraction of sp³-hybridized carbons (Fsp3) is 0.381. The van der Waals surface area contributed by atoms with Crippen LogP contribution < -0.4 is 0 Å². The summed E-state index contributed by atoms with van der Waals surface area (Å²) < 4.78 is 11.5. The number of esters is 1. The zero-order valence-corrected chi connectivity index (χ0v) is 15.1. The minimum Gasteiger partial charge on any atom is -0.456 e. The SMILES string of the molecule is C[C@@H](O)[C@@H]1OC(=O)[C@H](N(C)Cc2ccccc2)[C@H]1OCc1ccccc1. The number of rotatable bonds is 7. The van der Waals surface area contributed by atoms with Gasteiger partial charge < -0.3 is 14.6 Å². The Kier molecular flexibility index (Phi) is 6.04. The van der Waals surface area contributed by atoms with E-state index < -0.39 is 24.4 Å². The first-order valence-electron chi connectivity index (χ1n) is 8.84. The molecule has 2 aromatic rings. The van der Waals surface area contributed by atoms with E-state index in [0.29, 0.717) is 13.2 Å². The van der Waals surface area contributed by atoms with Crippen LogP contribution in [-0.2, 0) is 27.4 Å². The molecule has 5 heteroatoms. The van der Waals surface area contributed by atoms with Crippen LogP contribution in [0.4, 0.5) is 0 Å². The minimum absolute atomic E-state index is 0.354. The van der Waals surface area contributed by atoms with Crippen LogP contribution in [0.1, 0.15) is 18.1 Å². The maximum Gasteiger partial charge on any atom is 0.326 e. The average Bonchev–Trinajstić information content (AvgIpc) is 2.98. The standard InChI is InChI=1S/C21H25NO4/c1-15(23)19-20(25-14-17-11-7-4-8-12-17)18(21(24)26-19)22(2)13-16-9-5-3-6-10-16/h3-12,15,18-20,23H,13-14H2,1-2H3/t15-,18-,19+,20-/m1/s1. The lowest BCUT2D eigenvalue weighted by atomic mass is 10.0. The third-order valence-corrected chi connectivity index (χ3v) is 4.64. The number of carbonyl (C=O) groups excluding carboxylic acids is 1. The van der Waals surface area contributed by atoms with Crippen LogP contribution in [0.2, 0.25) is 0 Å². The van der Waals surface area contributed by atoms with Gasteiger partial charge in [0.1, 0.15) is 12.1 Å². The van der Waals surface area contributed by atoms with Crippen molar-refractivity contribution in [3.63, 3.8) is 0 Å². The Morgan fingerprint density at radius 1 is 1.08 bits per heavy atom. The highest BCUT2D eigenvalue weighted by Gasteiger charge is 2.49. The highest BCUT2D eigenvalue weighted by Crippen LogP contribution is 2.27. The molecule has 3 rings (SSSR count). The van der Waals surface area contributed by atoms with Gasteiger partial charge in [-0.25, -0.2) is 0 Å². The van der Waals surface area contributed by atoms with E-state index in [1.807, 2.05) is 72.6 Å². The van der Waals surface area contributed by atoms with E-state index in [4.69, 9.17) is 9.47 Å². The fourth-order valence-corrected chi connectivity index (χ4v) is 3.31. The summed E-state index contributed by atoms with van der Waals surface area (Å²) in [7, 11) is 1.88. The molecule has 4 atom stereocenters. The summed E-state index contributed by atoms with van der Waals surface area (Å²) in [5.74, 6) is -0.354. The van der Waals surface area contributed by atoms with Crippen molar-refractivity contribution in [2.24, 2.45) is 0 Å². The zero-order valence-electron chi connectivity index (χ0n) is 15.1. The molecule has 0 radical (unpaired) electrons. The molecule has 1 N–H and O–H groups in total. The summed E-state index contributed by atoms with van der Waals surface area (Å²) in [6, 6.07) is 19.2. The number of carbonyl (C=O) groups is 1. The number of hydrogen-bond acceptors (Lipinski definition) is 5. The molecule has 1 saturated heterocycles. The number of hydrogen-bond donors (Lipinski definition) is 1. The molecule has 0 saturated carbocycles. The predicted octanol–water partition coefficient (Wildman–Crippen LogP) is 2.38. The second kappa shape index (κ2) is 8.45. The second-order valence-corrected chi connectivity index (χ2v) is 6.75. The van der Waals surface area contributed by atoms with Gasteiger partial charge in [-0.1, -0.05) is 60.7 Å². The van der Waals surface area contributed by atoms with E-state index in [9.17, 15) is 9.90 Å². The number of aliphatic hydroxyl groups excluding tert-OH is 1. The number of ether oxygens (including phenoxy) is 2. The van der Waals surface area contributed by atoms with E-state index in [1.165, 1.54) is 0 Å². The van der Waals surface area contributed by atoms with E-state index >= 15 is 0 Å². The molecule has 1 aliphatic heterocycles. The van der Waals surface area contributed by atoms with Crippen molar-refractivity contribution >= 4 is 5.97 Å². The van der Waals surface area contributed by atoms with Gasteiger partial charge in [0.2, 0.25) is 0 Å². The van der Waals surface area contributed by atoms with E-state index in [1.54, 1.807) is 6.92 Å². The number of benzene rings is 2. The Morgan fingerprint density at radius 2 is 1.65 bits per heavy atom. The first kappa shape index (κ1) is 18.6. The van der Waals surface area contributed by atoms with Gasteiger partial charge >= 0.3 is 5.97 Å². The van der Waals surface area contributed by atoms with Crippen molar-refractivity contribution in [3.05, 3.63) is 71.8 Å². The van der Waals surface area contributed by atoms with Crippen LogP contribution >= 0.6 is 0 Å². The molecule has 0 unspecified atom stereocenters. The maximum absolute atomic E-state index is 12.5. The molecule has 26 heavy (non-hydrogen) atoms. The first-order valence-corrected chi connectivity index (χ1v) is 8.84. The Labute approximate surface area is 154 Å².